The molecule has 0 aliphatic rings. The molecule has 18 heavy (non-hydrogen) atoms. The molecule has 2 N–H and O–H groups in total. The third-order valence-electron chi connectivity index (χ3n) is 3.05. The van der Waals surface area contributed by atoms with Crippen molar-refractivity contribution in [3.05, 3.63) is 29.1 Å². The van der Waals surface area contributed by atoms with Gasteiger partial charge in [-0.15, -0.1) is 0 Å². The van der Waals surface area contributed by atoms with E-state index in [9.17, 15) is 4.39 Å². The van der Waals surface area contributed by atoms with E-state index in [2.05, 4.69) is 4.90 Å². The van der Waals surface area contributed by atoms with Crippen LogP contribution in [0.15, 0.2) is 12.1 Å². The summed E-state index contributed by atoms with van der Waals surface area (Å²) >= 11 is 0. The number of aryl methyl sites for hydroxylation is 1. The minimum Gasteiger partial charge on any atom is -0.385 e. The second-order valence-corrected chi connectivity index (χ2v) is 4.72. The Morgan fingerprint density at radius 3 is 2.67 bits per heavy atom. The van der Waals surface area contributed by atoms with E-state index in [1.54, 1.807) is 20.1 Å². The molecule has 0 aliphatic heterocycles. The molecule has 0 aromatic heterocycles. The first-order valence-corrected chi connectivity index (χ1v) is 6.23. The Balaban J connectivity index is 2.94. The number of anilines is 1. The quantitative estimate of drug-likeness (QED) is 0.793. The number of hydrogen-bond donors (Lipinski definition) is 1. The zero-order chi connectivity index (χ0) is 13.7. The molecule has 0 saturated carbocycles. The van der Waals surface area contributed by atoms with Gasteiger partial charge in [0, 0.05) is 39.0 Å². The van der Waals surface area contributed by atoms with Gasteiger partial charge in [-0.25, -0.2) is 4.39 Å². The van der Waals surface area contributed by atoms with Crippen LogP contribution in [-0.4, -0.2) is 27.3 Å². The maximum absolute atomic E-state index is 13.6. The first kappa shape index (κ1) is 14.9. The maximum Gasteiger partial charge on any atom is 0.126 e. The minimum absolute atomic E-state index is 0.181. The lowest BCUT2D eigenvalue weighted by atomic mass is 10.0. The van der Waals surface area contributed by atoms with Crippen LogP contribution in [0.5, 0.6) is 0 Å². The van der Waals surface area contributed by atoms with Gasteiger partial charge in [-0.05, 0) is 43.5 Å². The fourth-order valence-corrected chi connectivity index (χ4v) is 1.94. The topological polar surface area (TPSA) is 38.5 Å². The Hall–Kier alpha value is -1.13. The Labute approximate surface area is 109 Å². The normalized spacial score (nSPS) is 12.6. The molecule has 0 radical (unpaired) electrons. The summed E-state index contributed by atoms with van der Waals surface area (Å²) in [5, 5.41) is 0. The van der Waals surface area contributed by atoms with Crippen LogP contribution in [0.2, 0.25) is 0 Å². The number of ether oxygens (including phenoxy) is 1. The fraction of sp³-hybridized carbons (Fsp3) is 0.571. The molecular formula is C14H23FN2O. The molecule has 1 aromatic rings. The first-order chi connectivity index (χ1) is 8.47. The van der Waals surface area contributed by atoms with Crippen molar-refractivity contribution >= 4 is 5.69 Å². The standard InChI is InChI=1S/C14H23FN2O/c1-10-8-14(17(3)6-5-7-18-4)12(11(2)16)9-13(10)15/h8-9,11H,5-7,16H2,1-4H3/t11-/m1/s1. The van der Waals surface area contributed by atoms with Crippen LogP contribution in [0.25, 0.3) is 0 Å². The molecule has 4 heteroatoms. The Bertz CT molecular complexity index is 394. The molecule has 3 nitrogen and oxygen atoms in total. The summed E-state index contributed by atoms with van der Waals surface area (Å²) in [6.45, 7) is 5.22. The van der Waals surface area contributed by atoms with E-state index in [4.69, 9.17) is 10.5 Å². The molecule has 0 unspecified atom stereocenters. The van der Waals surface area contributed by atoms with Crippen molar-refractivity contribution in [1.29, 1.82) is 0 Å². The Morgan fingerprint density at radius 1 is 1.44 bits per heavy atom. The third-order valence-corrected chi connectivity index (χ3v) is 3.05. The molecule has 102 valence electrons. The van der Waals surface area contributed by atoms with Gasteiger partial charge in [0.2, 0.25) is 0 Å². The Morgan fingerprint density at radius 2 is 2.11 bits per heavy atom. The van der Waals surface area contributed by atoms with Crippen LogP contribution in [-0.2, 0) is 4.74 Å². The van der Waals surface area contributed by atoms with Gasteiger partial charge in [0.25, 0.3) is 0 Å². The number of hydrogen-bond acceptors (Lipinski definition) is 3. The number of rotatable bonds is 6. The molecule has 0 saturated heterocycles. The third kappa shape index (κ3) is 3.68. The highest BCUT2D eigenvalue weighted by atomic mass is 19.1. The van der Waals surface area contributed by atoms with E-state index >= 15 is 0 Å². The van der Waals surface area contributed by atoms with Crippen molar-refractivity contribution in [3.63, 3.8) is 0 Å². The van der Waals surface area contributed by atoms with Gasteiger partial charge in [0.15, 0.2) is 0 Å². The molecule has 0 fully saturated rings. The van der Waals surface area contributed by atoms with E-state index < -0.39 is 0 Å². The summed E-state index contributed by atoms with van der Waals surface area (Å²) in [6, 6.07) is 3.23. The molecule has 1 atom stereocenters. The lowest BCUT2D eigenvalue weighted by Crippen LogP contribution is -2.23. The van der Waals surface area contributed by atoms with Crippen molar-refractivity contribution in [2.75, 3.05) is 32.2 Å². The van der Waals surface area contributed by atoms with Gasteiger partial charge in [0.1, 0.15) is 5.82 Å². The second-order valence-electron chi connectivity index (χ2n) is 4.72. The average molecular weight is 254 g/mol. The van der Waals surface area contributed by atoms with Crippen molar-refractivity contribution in [2.45, 2.75) is 26.3 Å². The highest BCUT2D eigenvalue weighted by molar-refractivity contribution is 5.56. The summed E-state index contributed by atoms with van der Waals surface area (Å²) < 4.78 is 18.6. The van der Waals surface area contributed by atoms with Gasteiger partial charge < -0.3 is 15.4 Å². The van der Waals surface area contributed by atoms with E-state index in [1.807, 2.05) is 20.0 Å². The minimum atomic E-state index is -0.198. The molecule has 0 bridgehead atoms. The van der Waals surface area contributed by atoms with Crippen LogP contribution >= 0.6 is 0 Å². The summed E-state index contributed by atoms with van der Waals surface area (Å²) in [4.78, 5) is 2.10. The highest BCUT2D eigenvalue weighted by Crippen LogP contribution is 2.27. The fourth-order valence-electron chi connectivity index (χ4n) is 1.94. The lowest BCUT2D eigenvalue weighted by molar-refractivity contribution is 0.196. The number of nitrogens with two attached hydrogens (primary N) is 1. The number of methoxy groups -OCH3 is 1. The van der Waals surface area contributed by atoms with Crippen LogP contribution in [0.1, 0.15) is 30.5 Å². The summed E-state index contributed by atoms with van der Waals surface area (Å²) in [5.41, 5.74) is 8.40. The van der Waals surface area contributed by atoms with Crippen molar-refractivity contribution in [1.82, 2.24) is 0 Å². The van der Waals surface area contributed by atoms with Crippen LogP contribution in [0, 0.1) is 12.7 Å². The lowest BCUT2D eigenvalue weighted by Gasteiger charge is -2.24. The van der Waals surface area contributed by atoms with Gasteiger partial charge in [0.05, 0.1) is 0 Å². The largest absolute Gasteiger partial charge is 0.385 e. The molecule has 1 aromatic carbocycles. The maximum atomic E-state index is 13.6. The number of benzene rings is 1. The predicted molar refractivity (Wildman–Crippen MR) is 73.5 cm³/mol. The van der Waals surface area contributed by atoms with Crippen LogP contribution < -0.4 is 10.6 Å². The predicted octanol–water partition coefficient (Wildman–Crippen LogP) is 2.63. The monoisotopic (exact) mass is 254 g/mol. The SMILES string of the molecule is COCCCN(C)c1cc(C)c(F)cc1[C@@H](C)N. The zero-order valence-electron chi connectivity index (χ0n) is 11.7. The first-order valence-electron chi connectivity index (χ1n) is 6.23. The molecule has 0 amide bonds. The van der Waals surface area contributed by atoms with Gasteiger partial charge in [-0.1, -0.05) is 0 Å². The van der Waals surface area contributed by atoms with E-state index in [0.717, 1.165) is 30.8 Å². The van der Waals surface area contributed by atoms with Gasteiger partial charge in [-0.2, -0.15) is 0 Å². The van der Waals surface area contributed by atoms with Crippen LogP contribution in [0.3, 0.4) is 0 Å². The highest BCUT2D eigenvalue weighted by Gasteiger charge is 2.13. The Kier molecular flexibility index (Phi) is 5.56. The summed E-state index contributed by atoms with van der Waals surface area (Å²) in [5.74, 6) is -0.198. The van der Waals surface area contributed by atoms with E-state index in [1.165, 1.54) is 0 Å². The van der Waals surface area contributed by atoms with Gasteiger partial charge >= 0.3 is 0 Å². The molecule has 0 heterocycles. The smallest absolute Gasteiger partial charge is 0.126 e. The van der Waals surface area contributed by atoms with Crippen molar-refractivity contribution in [2.24, 2.45) is 5.73 Å². The van der Waals surface area contributed by atoms with Crippen LogP contribution in [0.4, 0.5) is 10.1 Å². The molecule has 0 aliphatic carbocycles. The average Bonchev–Trinajstić information content (AvgIpc) is 2.32. The van der Waals surface area contributed by atoms with E-state index in [-0.39, 0.29) is 11.9 Å². The number of halogens is 1. The zero-order valence-corrected chi connectivity index (χ0v) is 11.7. The van der Waals surface area contributed by atoms with Crippen molar-refractivity contribution in [3.8, 4) is 0 Å². The van der Waals surface area contributed by atoms with Gasteiger partial charge in [-0.3, -0.25) is 0 Å². The molecule has 1 rings (SSSR count). The number of nitrogens with zero attached hydrogens (tertiary/aromatic N) is 1. The summed E-state index contributed by atoms with van der Waals surface area (Å²) in [7, 11) is 3.68. The molecular weight excluding hydrogens is 231 g/mol. The summed E-state index contributed by atoms with van der Waals surface area (Å²) in [6.07, 6.45) is 0.932. The van der Waals surface area contributed by atoms with Crippen molar-refractivity contribution < 1.29 is 9.13 Å². The second kappa shape index (κ2) is 6.71. The van der Waals surface area contributed by atoms with E-state index in [0.29, 0.717) is 5.56 Å². The molecule has 0 spiro atoms.